The van der Waals surface area contributed by atoms with Crippen molar-refractivity contribution >= 4 is 22.6 Å². The van der Waals surface area contributed by atoms with E-state index in [1.54, 1.807) is 0 Å². The smallest absolute Gasteiger partial charge is 0.0626 e. The molecular formula is C9H13IN2. The SMILES string of the molecule is CC1n2ncc(I)c2CC1(C)C. The van der Waals surface area contributed by atoms with Crippen LogP contribution in [0.25, 0.3) is 0 Å². The molecule has 2 nitrogen and oxygen atoms in total. The first-order valence-electron chi connectivity index (χ1n) is 4.24. The highest BCUT2D eigenvalue weighted by atomic mass is 127. The van der Waals surface area contributed by atoms with Crippen LogP contribution in [0, 0.1) is 8.99 Å². The van der Waals surface area contributed by atoms with Crippen molar-refractivity contribution in [3.05, 3.63) is 15.5 Å². The Morgan fingerprint density at radius 3 is 2.92 bits per heavy atom. The molecular weight excluding hydrogens is 263 g/mol. The maximum atomic E-state index is 4.38. The van der Waals surface area contributed by atoms with E-state index in [1.165, 1.54) is 9.26 Å². The van der Waals surface area contributed by atoms with Crippen LogP contribution in [0.4, 0.5) is 0 Å². The van der Waals surface area contributed by atoms with Gasteiger partial charge >= 0.3 is 0 Å². The van der Waals surface area contributed by atoms with Crippen molar-refractivity contribution in [2.45, 2.75) is 33.2 Å². The predicted octanol–water partition coefficient (Wildman–Crippen LogP) is 2.63. The Labute approximate surface area is 86.5 Å². The average molecular weight is 276 g/mol. The van der Waals surface area contributed by atoms with Gasteiger partial charge < -0.3 is 0 Å². The minimum absolute atomic E-state index is 0.378. The van der Waals surface area contributed by atoms with Crippen molar-refractivity contribution in [1.82, 2.24) is 9.78 Å². The highest BCUT2D eigenvalue weighted by Crippen LogP contribution is 2.42. The van der Waals surface area contributed by atoms with Gasteiger partial charge in [0.05, 0.1) is 21.5 Å². The fraction of sp³-hybridized carbons (Fsp3) is 0.667. The summed E-state index contributed by atoms with van der Waals surface area (Å²) in [6.45, 7) is 6.87. The van der Waals surface area contributed by atoms with E-state index >= 15 is 0 Å². The van der Waals surface area contributed by atoms with Crippen molar-refractivity contribution in [2.24, 2.45) is 5.41 Å². The zero-order valence-corrected chi connectivity index (χ0v) is 9.79. The van der Waals surface area contributed by atoms with Gasteiger partial charge in [-0.3, -0.25) is 4.68 Å². The van der Waals surface area contributed by atoms with Gasteiger partial charge in [0, 0.05) is 0 Å². The monoisotopic (exact) mass is 276 g/mol. The molecule has 0 N–H and O–H groups in total. The topological polar surface area (TPSA) is 17.8 Å². The molecule has 12 heavy (non-hydrogen) atoms. The molecule has 1 unspecified atom stereocenters. The van der Waals surface area contributed by atoms with E-state index in [4.69, 9.17) is 0 Å². The first-order valence-corrected chi connectivity index (χ1v) is 5.32. The molecule has 0 aromatic carbocycles. The van der Waals surface area contributed by atoms with Crippen molar-refractivity contribution in [3.63, 3.8) is 0 Å². The molecule has 1 atom stereocenters. The molecule has 0 radical (unpaired) electrons. The Balaban J connectivity index is 2.50. The number of halogens is 1. The van der Waals surface area contributed by atoms with Crippen LogP contribution in [-0.4, -0.2) is 9.78 Å². The van der Waals surface area contributed by atoms with E-state index in [2.05, 4.69) is 53.1 Å². The zero-order valence-electron chi connectivity index (χ0n) is 7.63. The van der Waals surface area contributed by atoms with Gasteiger partial charge in [-0.15, -0.1) is 0 Å². The lowest BCUT2D eigenvalue weighted by atomic mass is 9.85. The molecule has 1 aliphatic heterocycles. The Morgan fingerprint density at radius 2 is 2.33 bits per heavy atom. The third-order valence-electron chi connectivity index (χ3n) is 2.97. The predicted molar refractivity (Wildman–Crippen MR) is 57.1 cm³/mol. The van der Waals surface area contributed by atoms with Crippen LogP contribution < -0.4 is 0 Å². The highest BCUT2D eigenvalue weighted by molar-refractivity contribution is 14.1. The summed E-state index contributed by atoms with van der Waals surface area (Å²) in [4.78, 5) is 0. The van der Waals surface area contributed by atoms with E-state index in [0.29, 0.717) is 11.5 Å². The third-order valence-corrected chi connectivity index (χ3v) is 3.87. The second kappa shape index (κ2) is 2.47. The fourth-order valence-electron chi connectivity index (χ4n) is 1.78. The number of fused-ring (bicyclic) bond motifs is 1. The average Bonchev–Trinajstić information content (AvgIpc) is 2.40. The van der Waals surface area contributed by atoms with Gasteiger partial charge in [0.15, 0.2) is 0 Å². The van der Waals surface area contributed by atoms with Crippen LogP contribution in [0.5, 0.6) is 0 Å². The molecule has 0 amide bonds. The molecule has 3 heteroatoms. The molecule has 0 bridgehead atoms. The van der Waals surface area contributed by atoms with E-state index in [9.17, 15) is 0 Å². The summed E-state index contributed by atoms with van der Waals surface area (Å²) in [6.07, 6.45) is 3.12. The summed E-state index contributed by atoms with van der Waals surface area (Å²) in [6, 6.07) is 0.538. The lowest BCUT2D eigenvalue weighted by molar-refractivity contribution is 0.269. The van der Waals surface area contributed by atoms with Crippen LogP contribution in [0.15, 0.2) is 6.20 Å². The molecule has 0 spiro atoms. The summed E-state index contributed by atoms with van der Waals surface area (Å²) >= 11 is 2.36. The first kappa shape index (κ1) is 8.53. The lowest BCUT2D eigenvalue weighted by Gasteiger charge is -2.22. The van der Waals surface area contributed by atoms with Crippen LogP contribution in [-0.2, 0) is 6.42 Å². The van der Waals surface area contributed by atoms with Gasteiger partial charge in [-0.25, -0.2) is 0 Å². The lowest BCUT2D eigenvalue weighted by Crippen LogP contribution is -2.18. The highest BCUT2D eigenvalue weighted by Gasteiger charge is 2.37. The van der Waals surface area contributed by atoms with Crippen molar-refractivity contribution in [3.8, 4) is 0 Å². The molecule has 1 aliphatic rings. The Morgan fingerprint density at radius 1 is 1.67 bits per heavy atom. The minimum atomic E-state index is 0.378. The standard InChI is InChI=1S/C9H13IN2/c1-6-9(2,3)4-8-7(10)5-11-12(6)8/h5-6H,4H2,1-3H3. The van der Waals surface area contributed by atoms with Crippen LogP contribution >= 0.6 is 22.6 Å². The molecule has 66 valence electrons. The van der Waals surface area contributed by atoms with Gasteiger partial charge in [-0.2, -0.15) is 5.10 Å². The summed E-state index contributed by atoms with van der Waals surface area (Å²) in [5.74, 6) is 0. The largest absolute Gasteiger partial charge is 0.265 e. The summed E-state index contributed by atoms with van der Waals surface area (Å²) in [5.41, 5.74) is 1.79. The van der Waals surface area contributed by atoms with Gasteiger partial charge in [-0.1, -0.05) is 13.8 Å². The molecule has 2 rings (SSSR count). The number of rotatable bonds is 0. The van der Waals surface area contributed by atoms with E-state index in [-0.39, 0.29) is 0 Å². The van der Waals surface area contributed by atoms with Crippen LogP contribution in [0.1, 0.15) is 32.5 Å². The Hall–Kier alpha value is -0.0600. The fourth-order valence-corrected chi connectivity index (χ4v) is 2.34. The number of aromatic nitrogens is 2. The van der Waals surface area contributed by atoms with Crippen molar-refractivity contribution in [2.75, 3.05) is 0 Å². The van der Waals surface area contributed by atoms with Crippen molar-refractivity contribution < 1.29 is 0 Å². The molecule has 1 aromatic rings. The number of hydrogen-bond donors (Lipinski definition) is 0. The minimum Gasteiger partial charge on any atom is -0.265 e. The molecule has 1 aromatic heterocycles. The normalized spacial score (nSPS) is 25.8. The van der Waals surface area contributed by atoms with Gasteiger partial charge in [-0.05, 0) is 41.4 Å². The number of nitrogens with zero attached hydrogens (tertiary/aromatic N) is 2. The summed E-state index contributed by atoms with van der Waals surface area (Å²) in [7, 11) is 0. The molecule has 0 fully saturated rings. The van der Waals surface area contributed by atoms with Crippen LogP contribution in [0.2, 0.25) is 0 Å². The Bertz CT molecular complexity index is 314. The van der Waals surface area contributed by atoms with E-state index in [1.807, 2.05) is 6.20 Å². The number of hydrogen-bond acceptors (Lipinski definition) is 1. The van der Waals surface area contributed by atoms with E-state index in [0.717, 1.165) is 6.42 Å². The first-order chi connectivity index (χ1) is 5.52. The van der Waals surface area contributed by atoms with Gasteiger partial charge in [0.25, 0.3) is 0 Å². The Kier molecular flexibility index (Phi) is 1.75. The third kappa shape index (κ3) is 1.02. The molecule has 0 saturated heterocycles. The van der Waals surface area contributed by atoms with Crippen molar-refractivity contribution in [1.29, 1.82) is 0 Å². The molecule has 0 aliphatic carbocycles. The quantitative estimate of drug-likeness (QED) is 0.666. The summed E-state index contributed by atoms with van der Waals surface area (Å²) < 4.78 is 3.48. The second-order valence-electron chi connectivity index (χ2n) is 4.23. The van der Waals surface area contributed by atoms with Gasteiger partial charge in [0.2, 0.25) is 0 Å². The second-order valence-corrected chi connectivity index (χ2v) is 5.39. The zero-order chi connectivity index (χ0) is 8.93. The maximum absolute atomic E-state index is 4.38. The maximum Gasteiger partial charge on any atom is 0.0626 e. The molecule has 2 heterocycles. The molecule has 0 saturated carbocycles. The van der Waals surface area contributed by atoms with Crippen LogP contribution in [0.3, 0.4) is 0 Å². The van der Waals surface area contributed by atoms with Gasteiger partial charge in [0.1, 0.15) is 0 Å². The van der Waals surface area contributed by atoms with E-state index < -0.39 is 0 Å². The summed E-state index contributed by atoms with van der Waals surface area (Å²) in [5, 5.41) is 4.38.